The first kappa shape index (κ1) is 24.6. The van der Waals surface area contributed by atoms with Crippen molar-refractivity contribution in [3.05, 3.63) is 107 Å². The lowest BCUT2D eigenvalue weighted by molar-refractivity contribution is 0.458. The van der Waals surface area contributed by atoms with E-state index in [1.807, 2.05) is 55.8 Å². The van der Waals surface area contributed by atoms with Crippen molar-refractivity contribution >= 4 is 0 Å². The molecule has 6 rings (SSSR count). The molecule has 0 saturated carbocycles. The number of likely N-dealkylation sites (N-methyl/N-ethyl adjacent to an activating group) is 1. The number of fused-ring (bicyclic) bond motifs is 4. The van der Waals surface area contributed by atoms with Crippen LogP contribution in [0.4, 0.5) is 0 Å². The summed E-state index contributed by atoms with van der Waals surface area (Å²) in [6.07, 6.45) is 3.72. The summed E-state index contributed by atoms with van der Waals surface area (Å²) >= 11 is 0. The van der Waals surface area contributed by atoms with Crippen LogP contribution in [0, 0.1) is 0 Å². The van der Waals surface area contributed by atoms with Gasteiger partial charge in [0.2, 0.25) is 0 Å². The van der Waals surface area contributed by atoms with Gasteiger partial charge in [-0.25, -0.2) is 0 Å². The summed E-state index contributed by atoms with van der Waals surface area (Å²) in [6.45, 7) is 6.84. The van der Waals surface area contributed by atoms with Crippen molar-refractivity contribution < 1.29 is 9.47 Å². The van der Waals surface area contributed by atoms with Crippen molar-refractivity contribution in [2.75, 3.05) is 20.1 Å². The number of aromatic nitrogens is 2. The molecule has 2 aromatic heterocycles. The maximum Gasteiger partial charge on any atom is 0.149 e. The number of hydrogen-bond acceptors (Lipinski definition) is 6. The smallest absolute Gasteiger partial charge is 0.149 e. The maximum atomic E-state index is 6.60. The second-order valence-corrected chi connectivity index (χ2v) is 10.3. The first-order valence-corrected chi connectivity index (χ1v) is 13.5. The molecule has 2 N–H and O–H groups in total. The number of nitrogens with one attached hydrogen (secondary N) is 2. The molecule has 2 aliphatic heterocycles. The van der Waals surface area contributed by atoms with Gasteiger partial charge in [-0.15, -0.1) is 0 Å². The maximum absolute atomic E-state index is 6.60. The fraction of sp³-hybridized carbons (Fsp3) is 0.312. The Morgan fingerprint density at radius 3 is 2.08 bits per heavy atom. The van der Waals surface area contributed by atoms with Crippen LogP contribution in [0.3, 0.4) is 0 Å². The fourth-order valence-electron chi connectivity index (χ4n) is 5.98. The highest BCUT2D eigenvalue weighted by molar-refractivity contribution is 5.51. The fourth-order valence-corrected chi connectivity index (χ4v) is 5.98. The number of hydrogen-bond donors (Lipinski definition) is 2. The predicted octanol–water partition coefficient (Wildman–Crippen LogP) is 6.47. The zero-order chi connectivity index (χ0) is 26.1. The average molecular weight is 507 g/mol. The molecule has 0 spiro atoms. The van der Waals surface area contributed by atoms with E-state index in [0.717, 1.165) is 53.0 Å². The summed E-state index contributed by atoms with van der Waals surface area (Å²) in [6, 6.07) is 22.8. The molecule has 2 aliphatic rings. The number of rotatable bonds is 6. The number of pyridine rings is 2. The Hall–Kier alpha value is -3.74. The van der Waals surface area contributed by atoms with Crippen molar-refractivity contribution in [3.8, 4) is 23.0 Å². The van der Waals surface area contributed by atoms with E-state index in [1.165, 1.54) is 11.1 Å². The van der Waals surface area contributed by atoms with Gasteiger partial charge in [-0.05, 0) is 60.3 Å². The molecule has 38 heavy (non-hydrogen) atoms. The lowest BCUT2D eigenvalue weighted by Gasteiger charge is -2.24. The summed E-state index contributed by atoms with van der Waals surface area (Å²) in [5.41, 5.74) is 5.59. The molecule has 4 atom stereocenters. The number of nitrogens with zero attached hydrogens (tertiary/aromatic N) is 2. The van der Waals surface area contributed by atoms with Crippen LogP contribution in [-0.4, -0.2) is 30.1 Å². The Kier molecular flexibility index (Phi) is 6.83. The van der Waals surface area contributed by atoms with Crippen LogP contribution in [0.15, 0.2) is 79.1 Å². The molecule has 0 radical (unpaired) electrons. The average Bonchev–Trinajstić information content (AvgIpc) is 3.14. The molecule has 6 nitrogen and oxygen atoms in total. The second-order valence-electron chi connectivity index (χ2n) is 10.3. The summed E-state index contributed by atoms with van der Waals surface area (Å²) in [5.74, 6) is 4.45. The molecule has 2 aromatic carbocycles. The lowest BCUT2D eigenvalue weighted by atomic mass is 9.84. The second kappa shape index (κ2) is 10.6. The molecule has 6 heteroatoms. The summed E-state index contributed by atoms with van der Waals surface area (Å²) in [7, 11) is 1.99. The van der Waals surface area contributed by atoms with Crippen LogP contribution < -0.4 is 20.1 Å². The van der Waals surface area contributed by atoms with E-state index < -0.39 is 0 Å². The van der Waals surface area contributed by atoms with Gasteiger partial charge in [-0.3, -0.25) is 9.97 Å². The third kappa shape index (κ3) is 4.44. The van der Waals surface area contributed by atoms with Crippen LogP contribution in [0.1, 0.15) is 65.6 Å². The first-order valence-electron chi connectivity index (χ1n) is 13.5. The molecule has 2 unspecified atom stereocenters. The highest BCUT2D eigenvalue weighted by Gasteiger charge is 2.33. The molecular formula is C32H34N4O2. The van der Waals surface area contributed by atoms with Gasteiger partial charge in [-0.1, -0.05) is 50.2 Å². The van der Waals surface area contributed by atoms with Crippen molar-refractivity contribution in [2.45, 2.75) is 44.1 Å². The zero-order valence-corrected chi connectivity index (χ0v) is 22.1. The minimum absolute atomic E-state index is 0.168. The molecule has 0 aliphatic carbocycles. The molecule has 0 fully saturated rings. The topological polar surface area (TPSA) is 68.3 Å². The molecule has 4 aromatic rings. The Labute approximate surface area is 224 Å². The van der Waals surface area contributed by atoms with E-state index in [1.54, 1.807) is 0 Å². The first-order chi connectivity index (χ1) is 18.7. The Bertz CT molecular complexity index is 1440. The quantitative estimate of drug-likeness (QED) is 0.312. The molecule has 194 valence electrons. The van der Waals surface area contributed by atoms with Crippen molar-refractivity contribution in [3.63, 3.8) is 0 Å². The predicted molar refractivity (Wildman–Crippen MR) is 149 cm³/mol. The van der Waals surface area contributed by atoms with Crippen LogP contribution in [0.5, 0.6) is 23.0 Å². The van der Waals surface area contributed by atoms with E-state index >= 15 is 0 Å². The minimum Gasteiger partial charge on any atom is -0.455 e. The standard InChI is InChI=1S/C32H34N4O2/c1-20-23-10-4-5-12-27(23)37-28-13-7-15-36-31(28)26(20)19-34-17-22-9-6-11-24-21(2)25(18-33-3)30-29(38-32(22)24)14-8-16-35-30/h4-16,20-21,25-26,33-34H,17-19H2,1-3H3/t20-,21+,25?,26?/m0/s1. The highest BCUT2D eigenvalue weighted by Crippen LogP contribution is 2.47. The van der Waals surface area contributed by atoms with E-state index in [-0.39, 0.29) is 23.7 Å². The van der Waals surface area contributed by atoms with E-state index in [4.69, 9.17) is 19.4 Å². The van der Waals surface area contributed by atoms with Crippen LogP contribution in [-0.2, 0) is 6.54 Å². The van der Waals surface area contributed by atoms with Gasteiger partial charge in [0, 0.05) is 49.4 Å². The van der Waals surface area contributed by atoms with Gasteiger partial charge in [0.05, 0.1) is 11.4 Å². The SMILES string of the molecule is CNCC1c2ncccc2Oc2c(CNCC3c4ncccc4Oc4ccccc4[C@@H]3C)cccc2[C@H]1C. The third-order valence-electron chi connectivity index (χ3n) is 8.07. The summed E-state index contributed by atoms with van der Waals surface area (Å²) in [5, 5.41) is 7.10. The van der Waals surface area contributed by atoms with Gasteiger partial charge >= 0.3 is 0 Å². The summed E-state index contributed by atoms with van der Waals surface area (Å²) < 4.78 is 12.9. The number of ether oxygens (including phenoxy) is 2. The van der Waals surface area contributed by atoms with Crippen molar-refractivity contribution in [1.29, 1.82) is 0 Å². The Balaban J connectivity index is 1.28. The van der Waals surface area contributed by atoms with Crippen LogP contribution in [0.2, 0.25) is 0 Å². The third-order valence-corrected chi connectivity index (χ3v) is 8.07. The highest BCUT2D eigenvalue weighted by atomic mass is 16.5. The largest absolute Gasteiger partial charge is 0.455 e. The van der Waals surface area contributed by atoms with Gasteiger partial charge in [0.15, 0.2) is 0 Å². The number of para-hydroxylation sites is 2. The van der Waals surface area contributed by atoms with E-state index in [9.17, 15) is 0 Å². The van der Waals surface area contributed by atoms with Crippen LogP contribution in [0.25, 0.3) is 0 Å². The van der Waals surface area contributed by atoms with Gasteiger partial charge in [-0.2, -0.15) is 0 Å². The number of benzene rings is 2. The normalized spacial score (nSPS) is 21.4. The molecular weight excluding hydrogens is 472 g/mol. The monoisotopic (exact) mass is 506 g/mol. The minimum atomic E-state index is 0.168. The van der Waals surface area contributed by atoms with E-state index in [2.05, 4.69) is 54.8 Å². The van der Waals surface area contributed by atoms with Crippen molar-refractivity contribution in [1.82, 2.24) is 20.6 Å². The van der Waals surface area contributed by atoms with Crippen molar-refractivity contribution in [2.24, 2.45) is 0 Å². The van der Waals surface area contributed by atoms with Gasteiger partial charge in [0.25, 0.3) is 0 Å². The Morgan fingerprint density at radius 1 is 0.684 bits per heavy atom. The molecule has 0 amide bonds. The van der Waals surface area contributed by atoms with Gasteiger partial charge < -0.3 is 20.1 Å². The molecule has 0 bridgehead atoms. The lowest BCUT2D eigenvalue weighted by Crippen LogP contribution is -2.25. The zero-order valence-electron chi connectivity index (χ0n) is 22.1. The van der Waals surface area contributed by atoms with Gasteiger partial charge in [0.1, 0.15) is 23.0 Å². The molecule has 0 saturated heterocycles. The van der Waals surface area contributed by atoms with Crippen LogP contribution >= 0.6 is 0 Å². The van der Waals surface area contributed by atoms with E-state index in [0.29, 0.717) is 6.54 Å². The summed E-state index contributed by atoms with van der Waals surface area (Å²) in [4.78, 5) is 9.48. The molecule has 4 heterocycles. The Morgan fingerprint density at radius 2 is 1.32 bits per heavy atom.